The molecule has 2 aromatic rings. The highest BCUT2D eigenvalue weighted by Crippen LogP contribution is 2.30. The normalized spacial score (nSPS) is 10.6. The summed E-state index contributed by atoms with van der Waals surface area (Å²) in [5, 5.41) is 3.88. The number of ether oxygens (including phenoxy) is 2. The number of methoxy groups -OCH3 is 1. The topological polar surface area (TPSA) is 30.5 Å². The maximum absolute atomic E-state index is 6.28. The van der Waals surface area contributed by atoms with E-state index in [4.69, 9.17) is 21.1 Å². The second-order valence-electron chi connectivity index (χ2n) is 4.73. The summed E-state index contributed by atoms with van der Waals surface area (Å²) in [5.74, 6) is 1.41. The molecule has 4 heteroatoms. The van der Waals surface area contributed by atoms with E-state index in [2.05, 4.69) is 12.2 Å². The quantitative estimate of drug-likeness (QED) is 0.823. The van der Waals surface area contributed by atoms with Crippen LogP contribution in [0.25, 0.3) is 0 Å². The van der Waals surface area contributed by atoms with Gasteiger partial charge in [-0.15, -0.1) is 0 Å². The number of hydrogen-bond donors (Lipinski definition) is 1. The Morgan fingerprint density at radius 1 is 1.10 bits per heavy atom. The highest BCUT2D eigenvalue weighted by Gasteiger charge is 2.05. The third-order valence-electron chi connectivity index (χ3n) is 3.01. The lowest BCUT2D eigenvalue weighted by molar-refractivity contribution is 0.184. The summed E-state index contributed by atoms with van der Waals surface area (Å²) in [6, 6.07) is 13.6. The van der Waals surface area contributed by atoms with Crippen molar-refractivity contribution in [2.24, 2.45) is 0 Å². The van der Waals surface area contributed by atoms with Gasteiger partial charge in [-0.05, 0) is 41.9 Å². The maximum atomic E-state index is 6.28. The predicted octanol–water partition coefficient (Wildman–Crippen LogP) is 4.39. The van der Waals surface area contributed by atoms with Crippen LogP contribution in [-0.4, -0.2) is 13.7 Å². The molecule has 0 saturated carbocycles. The summed E-state index contributed by atoms with van der Waals surface area (Å²) < 4.78 is 11.0. The van der Waals surface area contributed by atoms with E-state index in [0.717, 1.165) is 30.0 Å². The minimum absolute atomic E-state index is 0.562. The van der Waals surface area contributed by atoms with E-state index in [9.17, 15) is 0 Å². The largest absolute Gasteiger partial charge is 0.456 e. The first-order chi connectivity index (χ1) is 10.2. The van der Waals surface area contributed by atoms with Gasteiger partial charge in [0.2, 0.25) is 0 Å². The van der Waals surface area contributed by atoms with Crippen LogP contribution < -0.4 is 10.1 Å². The molecule has 112 valence electrons. The molecule has 0 aliphatic rings. The highest BCUT2D eigenvalue weighted by molar-refractivity contribution is 6.32. The standard InChI is InChI=1S/C17H20ClNO2/c1-3-19-11-13-7-8-17(16(18)10-13)21-15-6-4-5-14(9-15)12-20-2/h4-10,19H,3,11-12H2,1-2H3. The lowest BCUT2D eigenvalue weighted by Gasteiger charge is -2.10. The summed E-state index contributed by atoms with van der Waals surface area (Å²) >= 11 is 6.28. The first kappa shape index (κ1) is 15.8. The fourth-order valence-corrected chi connectivity index (χ4v) is 2.24. The summed E-state index contributed by atoms with van der Waals surface area (Å²) in [7, 11) is 1.67. The van der Waals surface area contributed by atoms with Crippen molar-refractivity contribution in [1.82, 2.24) is 5.32 Å². The zero-order chi connectivity index (χ0) is 15.1. The van der Waals surface area contributed by atoms with Crippen molar-refractivity contribution in [3.8, 4) is 11.5 Å². The third kappa shape index (κ3) is 4.74. The van der Waals surface area contributed by atoms with Crippen LogP contribution in [0.4, 0.5) is 0 Å². The number of hydrogen-bond acceptors (Lipinski definition) is 3. The van der Waals surface area contributed by atoms with Gasteiger partial charge in [0.15, 0.2) is 0 Å². The second kappa shape index (κ2) is 8.03. The smallest absolute Gasteiger partial charge is 0.146 e. The van der Waals surface area contributed by atoms with Crippen LogP contribution in [0.5, 0.6) is 11.5 Å². The van der Waals surface area contributed by atoms with Gasteiger partial charge in [0, 0.05) is 13.7 Å². The van der Waals surface area contributed by atoms with E-state index in [1.54, 1.807) is 7.11 Å². The van der Waals surface area contributed by atoms with Gasteiger partial charge >= 0.3 is 0 Å². The van der Waals surface area contributed by atoms with E-state index < -0.39 is 0 Å². The summed E-state index contributed by atoms with van der Waals surface area (Å²) in [5.41, 5.74) is 2.21. The highest BCUT2D eigenvalue weighted by atomic mass is 35.5. The molecule has 0 fully saturated rings. The van der Waals surface area contributed by atoms with Crippen LogP contribution in [-0.2, 0) is 17.9 Å². The van der Waals surface area contributed by atoms with Crippen molar-refractivity contribution in [3.05, 3.63) is 58.6 Å². The molecule has 2 rings (SSSR count). The van der Waals surface area contributed by atoms with Crippen molar-refractivity contribution in [1.29, 1.82) is 0 Å². The molecule has 0 bridgehead atoms. The SMILES string of the molecule is CCNCc1ccc(Oc2cccc(COC)c2)c(Cl)c1. The molecule has 0 amide bonds. The molecule has 0 atom stereocenters. The van der Waals surface area contributed by atoms with Gasteiger partial charge in [0.1, 0.15) is 11.5 Å². The van der Waals surface area contributed by atoms with Gasteiger partial charge in [0.05, 0.1) is 11.6 Å². The summed E-state index contributed by atoms with van der Waals surface area (Å²) in [6.45, 7) is 4.38. The molecule has 0 unspecified atom stereocenters. The Hall–Kier alpha value is -1.55. The van der Waals surface area contributed by atoms with Gasteiger partial charge in [-0.2, -0.15) is 0 Å². The number of nitrogens with one attached hydrogen (secondary N) is 1. The molecule has 0 radical (unpaired) electrons. The fraction of sp³-hybridized carbons (Fsp3) is 0.294. The van der Waals surface area contributed by atoms with Gasteiger partial charge in [-0.3, -0.25) is 0 Å². The van der Waals surface area contributed by atoms with Crippen LogP contribution in [0.3, 0.4) is 0 Å². The van der Waals surface area contributed by atoms with Gasteiger partial charge in [-0.1, -0.05) is 36.7 Å². The average Bonchev–Trinajstić information content (AvgIpc) is 2.48. The Balaban J connectivity index is 2.10. The summed E-state index contributed by atoms with van der Waals surface area (Å²) in [6.07, 6.45) is 0. The van der Waals surface area contributed by atoms with Gasteiger partial charge in [0.25, 0.3) is 0 Å². The first-order valence-corrected chi connectivity index (χ1v) is 7.35. The average molecular weight is 306 g/mol. The van der Waals surface area contributed by atoms with Crippen molar-refractivity contribution in [3.63, 3.8) is 0 Å². The molecule has 0 aromatic heterocycles. The zero-order valence-corrected chi connectivity index (χ0v) is 13.1. The molecule has 3 nitrogen and oxygen atoms in total. The number of benzene rings is 2. The molecule has 21 heavy (non-hydrogen) atoms. The lowest BCUT2D eigenvalue weighted by Crippen LogP contribution is -2.11. The fourth-order valence-electron chi connectivity index (χ4n) is 2.00. The Kier molecular flexibility index (Phi) is 6.05. The molecule has 0 spiro atoms. The third-order valence-corrected chi connectivity index (χ3v) is 3.31. The van der Waals surface area contributed by atoms with Crippen LogP contribution in [0.2, 0.25) is 5.02 Å². The van der Waals surface area contributed by atoms with Crippen molar-refractivity contribution in [2.45, 2.75) is 20.1 Å². The molecule has 0 saturated heterocycles. The van der Waals surface area contributed by atoms with E-state index >= 15 is 0 Å². The van der Waals surface area contributed by atoms with Gasteiger partial charge < -0.3 is 14.8 Å². The number of rotatable bonds is 7. The predicted molar refractivity (Wildman–Crippen MR) is 86.1 cm³/mol. The molecule has 2 aromatic carbocycles. The Bertz CT molecular complexity index is 587. The van der Waals surface area contributed by atoms with E-state index in [1.165, 1.54) is 0 Å². The zero-order valence-electron chi connectivity index (χ0n) is 12.4. The van der Waals surface area contributed by atoms with Crippen molar-refractivity contribution < 1.29 is 9.47 Å². The van der Waals surface area contributed by atoms with Crippen molar-refractivity contribution >= 4 is 11.6 Å². The molecule has 0 aliphatic carbocycles. The lowest BCUT2D eigenvalue weighted by atomic mass is 10.2. The van der Waals surface area contributed by atoms with Crippen LogP contribution in [0.1, 0.15) is 18.1 Å². The number of halogens is 1. The molecule has 1 N–H and O–H groups in total. The van der Waals surface area contributed by atoms with Crippen molar-refractivity contribution in [2.75, 3.05) is 13.7 Å². The molecule has 0 heterocycles. The first-order valence-electron chi connectivity index (χ1n) is 6.97. The minimum atomic E-state index is 0.562. The molecule has 0 aliphatic heterocycles. The molecular formula is C17H20ClNO2. The Morgan fingerprint density at radius 2 is 1.95 bits per heavy atom. The van der Waals surface area contributed by atoms with E-state index in [-0.39, 0.29) is 0 Å². The molecular weight excluding hydrogens is 286 g/mol. The minimum Gasteiger partial charge on any atom is -0.456 e. The maximum Gasteiger partial charge on any atom is 0.146 e. The monoisotopic (exact) mass is 305 g/mol. The van der Waals surface area contributed by atoms with Crippen LogP contribution >= 0.6 is 11.6 Å². The Morgan fingerprint density at radius 3 is 2.67 bits per heavy atom. The van der Waals surface area contributed by atoms with E-state index in [1.807, 2.05) is 42.5 Å². The summed E-state index contributed by atoms with van der Waals surface area (Å²) in [4.78, 5) is 0. The Labute approximate surface area is 130 Å². The second-order valence-corrected chi connectivity index (χ2v) is 5.13. The van der Waals surface area contributed by atoms with Crippen LogP contribution in [0, 0.1) is 0 Å². The van der Waals surface area contributed by atoms with Gasteiger partial charge in [-0.25, -0.2) is 0 Å². The van der Waals surface area contributed by atoms with E-state index in [0.29, 0.717) is 17.4 Å². The van der Waals surface area contributed by atoms with Crippen LogP contribution in [0.15, 0.2) is 42.5 Å².